The van der Waals surface area contributed by atoms with Crippen molar-refractivity contribution in [1.82, 2.24) is 20.1 Å². The van der Waals surface area contributed by atoms with Crippen LogP contribution in [-0.2, 0) is 6.54 Å². The third kappa shape index (κ3) is 2.76. The molecule has 0 fully saturated rings. The van der Waals surface area contributed by atoms with Crippen molar-refractivity contribution in [3.05, 3.63) is 46.0 Å². The van der Waals surface area contributed by atoms with E-state index in [0.717, 1.165) is 10.0 Å². The van der Waals surface area contributed by atoms with Crippen molar-refractivity contribution in [2.45, 2.75) is 13.5 Å². The van der Waals surface area contributed by atoms with Crippen LogP contribution < -0.4 is 0 Å². The summed E-state index contributed by atoms with van der Waals surface area (Å²) in [5.41, 5.74) is 1.75. The van der Waals surface area contributed by atoms with E-state index >= 15 is 0 Å². The van der Waals surface area contributed by atoms with Crippen LogP contribution >= 0.6 is 15.9 Å². The van der Waals surface area contributed by atoms with Crippen LogP contribution in [0.5, 0.6) is 0 Å². The number of rotatable bonds is 3. The van der Waals surface area contributed by atoms with Crippen LogP contribution in [0.3, 0.4) is 0 Å². The van der Waals surface area contributed by atoms with Gasteiger partial charge in [-0.2, -0.15) is 5.10 Å². The molecule has 1 aromatic heterocycles. The van der Waals surface area contributed by atoms with E-state index in [9.17, 15) is 4.79 Å². The second kappa shape index (κ2) is 5.30. The lowest BCUT2D eigenvalue weighted by Crippen LogP contribution is -2.27. The van der Waals surface area contributed by atoms with Gasteiger partial charge < -0.3 is 4.90 Å². The standard InChI is InChI=1S/C12H13BrN4O/c1-8-3-4-9(10(13)5-8)12(18)17(2)6-11-14-7-15-16-11/h3-5,7H,6H2,1-2H3,(H,14,15,16). The zero-order chi connectivity index (χ0) is 13.1. The molecule has 0 atom stereocenters. The Balaban J connectivity index is 2.15. The predicted molar refractivity (Wildman–Crippen MR) is 71.1 cm³/mol. The van der Waals surface area contributed by atoms with Gasteiger partial charge in [-0.15, -0.1) is 0 Å². The molecule has 18 heavy (non-hydrogen) atoms. The van der Waals surface area contributed by atoms with Crippen LogP contribution in [0.2, 0.25) is 0 Å². The van der Waals surface area contributed by atoms with Crippen LogP contribution in [0, 0.1) is 6.92 Å². The average Bonchev–Trinajstić information content (AvgIpc) is 2.81. The lowest BCUT2D eigenvalue weighted by molar-refractivity contribution is 0.0781. The Bertz CT molecular complexity index is 553. The molecule has 0 spiro atoms. The summed E-state index contributed by atoms with van der Waals surface area (Å²) in [4.78, 5) is 17.8. The number of nitrogens with zero attached hydrogens (tertiary/aromatic N) is 3. The Morgan fingerprint density at radius 1 is 1.50 bits per heavy atom. The van der Waals surface area contributed by atoms with Crippen molar-refractivity contribution in [3.63, 3.8) is 0 Å². The molecule has 1 heterocycles. The molecule has 0 unspecified atom stereocenters. The Morgan fingerprint density at radius 2 is 2.28 bits per heavy atom. The van der Waals surface area contributed by atoms with Crippen LogP contribution in [0.25, 0.3) is 0 Å². The molecule has 1 amide bonds. The summed E-state index contributed by atoms with van der Waals surface area (Å²) in [7, 11) is 1.73. The Hall–Kier alpha value is -1.69. The maximum atomic E-state index is 12.2. The Kier molecular flexibility index (Phi) is 3.76. The number of nitrogens with one attached hydrogen (secondary N) is 1. The highest BCUT2D eigenvalue weighted by Gasteiger charge is 2.15. The normalized spacial score (nSPS) is 10.4. The number of carbonyl (C=O) groups excluding carboxylic acids is 1. The van der Waals surface area contributed by atoms with Crippen LogP contribution in [-0.4, -0.2) is 33.0 Å². The number of halogens is 1. The molecule has 5 nitrogen and oxygen atoms in total. The number of carbonyl (C=O) groups is 1. The monoisotopic (exact) mass is 308 g/mol. The highest BCUT2D eigenvalue weighted by atomic mass is 79.9. The van der Waals surface area contributed by atoms with E-state index in [1.54, 1.807) is 11.9 Å². The number of hydrogen-bond donors (Lipinski definition) is 1. The van der Waals surface area contributed by atoms with E-state index in [4.69, 9.17) is 0 Å². The fourth-order valence-corrected chi connectivity index (χ4v) is 2.27. The molecule has 0 bridgehead atoms. The van der Waals surface area contributed by atoms with Gasteiger partial charge in [0.1, 0.15) is 12.2 Å². The van der Waals surface area contributed by atoms with Crippen molar-refractivity contribution in [3.8, 4) is 0 Å². The highest BCUT2D eigenvalue weighted by Crippen LogP contribution is 2.20. The summed E-state index contributed by atoms with van der Waals surface area (Å²) >= 11 is 3.41. The molecule has 0 saturated heterocycles. The molecule has 0 aliphatic carbocycles. The van der Waals surface area contributed by atoms with Crippen LogP contribution in [0.1, 0.15) is 21.7 Å². The molecule has 94 valence electrons. The van der Waals surface area contributed by atoms with Gasteiger partial charge in [-0.05, 0) is 40.5 Å². The molecular formula is C12H13BrN4O. The second-order valence-electron chi connectivity index (χ2n) is 4.08. The minimum Gasteiger partial charge on any atom is -0.334 e. The van der Waals surface area contributed by atoms with Crippen LogP contribution in [0.15, 0.2) is 29.0 Å². The zero-order valence-electron chi connectivity index (χ0n) is 10.1. The van der Waals surface area contributed by atoms with Gasteiger partial charge in [0.05, 0.1) is 12.1 Å². The number of hydrogen-bond acceptors (Lipinski definition) is 3. The Morgan fingerprint density at radius 3 is 2.89 bits per heavy atom. The number of amides is 1. The van der Waals surface area contributed by atoms with Gasteiger partial charge in [0.2, 0.25) is 0 Å². The molecule has 0 aliphatic rings. The first kappa shape index (κ1) is 12.8. The molecule has 0 saturated carbocycles. The van der Waals surface area contributed by atoms with Gasteiger partial charge in [-0.3, -0.25) is 9.89 Å². The molecule has 6 heteroatoms. The zero-order valence-corrected chi connectivity index (χ0v) is 11.7. The van der Waals surface area contributed by atoms with Crippen molar-refractivity contribution in [1.29, 1.82) is 0 Å². The molecule has 2 rings (SSSR count). The first-order chi connectivity index (χ1) is 8.58. The lowest BCUT2D eigenvalue weighted by atomic mass is 10.1. The molecule has 0 aliphatic heterocycles. The summed E-state index contributed by atoms with van der Waals surface area (Å²) in [6.07, 6.45) is 1.43. The largest absolute Gasteiger partial charge is 0.334 e. The van der Waals surface area contributed by atoms with E-state index < -0.39 is 0 Å². The lowest BCUT2D eigenvalue weighted by Gasteiger charge is -2.16. The summed E-state index contributed by atoms with van der Waals surface area (Å²) in [6.45, 7) is 2.39. The predicted octanol–water partition coefficient (Wildman–Crippen LogP) is 2.15. The first-order valence-corrected chi connectivity index (χ1v) is 6.23. The number of H-pyrrole nitrogens is 1. The van der Waals surface area contributed by atoms with Gasteiger partial charge in [-0.25, -0.2) is 4.98 Å². The molecule has 2 aromatic rings. The third-order valence-electron chi connectivity index (χ3n) is 2.55. The summed E-state index contributed by atoms with van der Waals surface area (Å²) in [6, 6.07) is 5.66. The smallest absolute Gasteiger partial charge is 0.255 e. The van der Waals surface area contributed by atoms with Crippen molar-refractivity contribution < 1.29 is 4.79 Å². The number of benzene rings is 1. The van der Waals surface area contributed by atoms with Crippen molar-refractivity contribution in [2.75, 3.05) is 7.05 Å². The number of aromatic nitrogens is 3. The SMILES string of the molecule is Cc1ccc(C(=O)N(C)Cc2ncn[nH]2)c(Br)c1. The van der Waals surface area contributed by atoms with E-state index in [0.29, 0.717) is 17.9 Å². The maximum Gasteiger partial charge on any atom is 0.255 e. The minimum absolute atomic E-state index is 0.0572. The van der Waals surface area contributed by atoms with Gasteiger partial charge in [0, 0.05) is 11.5 Å². The van der Waals surface area contributed by atoms with E-state index in [-0.39, 0.29) is 5.91 Å². The van der Waals surface area contributed by atoms with Crippen molar-refractivity contribution in [2.24, 2.45) is 0 Å². The maximum absolute atomic E-state index is 12.2. The highest BCUT2D eigenvalue weighted by molar-refractivity contribution is 9.10. The van der Waals surface area contributed by atoms with Crippen molar-refractivity contribution >= 4 is 21.8 Å². The summed E-state index contributed by atoms with van der Waals surface area (Å²) in [5, 5.41) is 6.48. The summed E-state index contributed by atoms with van der Waals surface area (Å²) < 4.78 is 0.803. The van der Waals surface area contributed by atoms with E-state index in [2.05, 4.69) is 31.1 Å². The third-order valence-corrected chi connectivity index (χ3v) is 3.21. The van der Waals surface area contributed by atoms with E-state index in [1.165, 1.54) is 6.33 Å². The molecule has 1 N–H and O–H groups in total. The van der Waals surface area contributed by atoms with Gasteiger partial charge in [0.15, 0.2) is 0 Å². The van der Waals surface area contributed by atoms with Crippen LogP contribution in [0.4, 0.5) is 0 Å². The van der Waals surface area contributed by atoms with Gasteiger partial charge >= 0.3 is 0 Å². The summed E-state index contributed by atoms with van der Waals surface area (Å²) in [5.74, 6) is 0.604. The number of aromatic amines is 1. The minimum atomic E-state index is -0.0572. The fraction of sp³-hybridized carbons (Fsp3) is 0.250. The van der Waals surface area contributed by atoms with Gasteiger partial charge in [0.25, 0.3) is 5.91 Å². The average molecular weight is 309 g/mol. The van der Waals surface area contributed by atoms with E-state index in [1.807, 2.05) is 25.1 Å². The molecular weight excluding hydrogens is 296 g/mol. The molecule has 1 aromatic carbocycles. The second-order valence-corrected chi connectivity index (χ2v) is 4.93. The number of aryl methyl sites for hydroxylation is 1. The topological polar surface area (TPSA) is 61.9 Å². The molecule has 0 radical (unpaired) electrons. The quantitative estimate of drug-likeness (QED) is 0.945. The first-order valence-electron chi connectivity index (χ1n) is 5.44. The fourth-order valence-electron chi connectivity index (χ4n) is 1.60. The Labute approximate surface area is 113 Å². The van der Waals surface area contributed by atoms with Gasteiger partial charge in [-0.1, -0.05) is 6.07 Å².